The van der Waals surface area contributed by atoms with Crippen LogP contribution < -0.4 is 15.5 Å². The molecule has 0 bridgehead atoms. The van der Waals surface area contributed by atoms with Crippen molar-refractivity contribution in [3.63, 3.8) is 0 Å². The van der Waals surface area contributed by atoms with Crippen LogP contribution in [0.5, 0.6) is 0 Å². The molecule has 1 unspecified atom stereocenters. The Morgan fingerprint density at radius 3 is 2.65 bits per heavy atom. The molecule has 1 aromatic carbocycles. The third-order valence-corrected chi connectivity index (χ3v) is 4.82. The topological polar surface area (TPSA) is 47.6 Å². The number of anilines is 1. The summed E-state index contributed by atoms with van der Waals surface area (Å²) in [6.07, 6.45) is 3.13. The molecule has 0 radical (unpaired) electrons. The predicted molar refractivity (Wildman–Crippen MR) is 93.7 cm³/mol. The molecule has 1 aromatic rings. The normalized spacial score (nSPS) is 22.3. The third-order valence-electron chi connectivity index (χ3n) is 4.82. The van der Waals surface area contributed by atoms with Crippen LogP contribution in [0, 0.1) is 0 Å². The van der Waals surface area contributed by atoms with Crippen LogP contribution >= 0.6 is 0 Å². The number of carbonyl (C=O) groups excluding carboxylic acids is 1. The average molecular weight is 316 g/mol. The molecular weight excluding hydrogens is 288 g/mol. The van der Waals surface area contributed by atoms with Crippen molar-refractivity contribution in [2.24, 2.45) is 0 Å². The van der Waals surface area contributed by atoms with Crippen LogP contribution in [-0.2, 0) is 4.79 Å². The van der Waals surface area contributed by atoms with Crippen molar-refractivity contribution in [1.82, 2.24) is 15.5 Å². The summed E-state index contributed by atoms with van der Waals surface area (Å²) in [6, 6.07) is 10.7. The van der Waals surface area contributed by atoms with E-state index in [-0.39, 0.29) is 11.9 Å². The molecule has 0 aliphatic carbocycles. The number of nitrogens with one attached hydrogen (secondary N) is 2. The standard InChI is InChI=1S/C18H28N4O/c23-18(17-8-4-9-19-17)20-10-5-11-21-12-14-22(15-13-21)16-6-2-1-3-7-16/h1-3,6-7,17,19H,4-5,8-15H2,(H,20,23). The highest BCUT2D eigenvalue weighted by Gasteiger charge is 2.21. The van der Waals surface area contributed by atoms with Gasteiger partial charge in [0, 0.05) is 38.4 Å². The highest BCUT2D eigenvalue weighted by molar-refractivity contribution is 5.81. The number of rotatable bonds is 6. The van der Waals surface area contributed by atoms with Crippen LogP contribution in [-0.4, -0.2) is 62.7 Å². The van der Waals surface area contributed by atoms with Crippen LogP contribution in [0.25, 0.3) is 0 Å². The smallest absolute Gasteiger partial charge is 0.237 e. The number of para-hydroxylation sites is 1. The number of amides is 1. The molecular formula is C18H28N4O. The number of piperazine rings is 1. The fourth-order valence-corrected chi connectivity index (χ4v) is 3.41. The average Bonchev–Trinajstić information content (AvgIpc) is 3.15. The fraction of sp³-hybridized carbons (Fsp3) is 0.611. The van der Waals surface area contributed by atoms with Gasteiger partial charge in [-0.25, -0.2) is 0 Å². The molecule has 2 fully saturated rings. The Labute approximate surface area is 139 Å². The Hall–Kier alpha value is -1.59. The largest absolute Gasteiger partial charge is 0.369 e. The maximum absolute atomic E-state index is 11.9. The van der Waals surface area contributed by atoms with Gasteiger partial charge in [-0.05, 0) is 44.5 Å². The van der Waals surface area contributed by atoms with Crippen molar-refractivity contribution in [2.45, 2.75) is 25.3 Å². The molecule has 2 aliphatic rings. The second-order valence-electron chi connectivity index (χ2n) is 6.46. The van der Waals surface area contributed by atoms with Gasteiger partial charge in [-0.1, -0.05) is 18.2 Å². The number of nitrogens with zero attached hydrogens (tertiary/aromatic N) is 2. The molecule has 2 heterocycles. The quantitative estimate of drug-likeness (QED) is 0.771. The van der Waals surface area contributed by atoms with Gasteiger partial charge in [0.05, 0.1) is 6.04 Å². The van der Waals surface area contributed by atoms with E-state index in [9.17, 15) is 4.79 Å². The maximum atomic E-state index is 11.9. The molecule has 0 spiro atoms. The van der Waals surface area contributed by atoms with Gasteiger partial charge >= 0.3 is 0 Å². The van der Waals surface area contributed by atoms with Crippen molar-refractivity contribution in [3.8, 4) is 0 Å². The molecule has 2 N–H and O–H groups in total. The molecule has 3 rings (SSSR count). The van der Waals surface area contributed by atoms with Crippen molar-refractivity contribution in [2.75, 3.05) is 50.7 Å². The zero-order chi connectivity index (χ0) is 15.9. The van der Waals surface area contributed by atoms with Gasteiger partial charge in [0.1, 0.15) is 0 Å². The predicted octanol–water partition coefficient (Wildman–Crippen LogP) is 1.07. The van der Waals surface area contributed by atoms with E-state index in [1.54, 1.807) is 0 Å². The lowest BCUT2D eigenvalue weighted by Gasteiger charge is -2.36. The van der Waals surface area contributed by atoms with Gasteiger partial charge in [-0.3, -0.25) is 9.69 Å². The van der Waals surface area contributed by atoms with Gasteiger partial charge in [-0.2, -0.15) is 0 Å². The zero-order valence-corrected chi connectivity index (χ0v) is 13.8. The summed E-state index contributed by atoms with van der Waals surface area (Å²) in [5.74, 6) is 0.177. The molecule has 5 heteroatoms. The summed E-state index contributed by atoms with van der Waals surface area (Å²) in [6.45, 7) is 7.21. The van der Waals surface area contributed by atoms with Crippen LogP contribution in [0.4, 0.5) is 5.69 Å². The Morgan fingerprint density at radius 1 is 1.17 bits per heavy atom. The lowest BCUT2D eigenvalue weighted by Crippen LogP contribution is -2.47. The van der Waals surface area contributed by atoms with Gasteiger partial charge in [-0.15, -0.1) is 0 Å². The Balaban J connectivity index is 1.29. The minimum absolute atomic E-state index is 0.0458. The second-order valence-corrected chi connectivity index (χ2v) is 6.46. The minimum atomic E-state index is 0.0458. The first-order valence-corrected chi connectivity index (χ1v) is 8.86. The first-order chi connectivity index (χ1) is 11.3. The minimum Gasteiger partial charge on any atom is -0.369 e. The third kappa shape index (κ3) is 4.69. The van der Waals surface area contributed by atoms with E-state index in [1.807, 2.05) is 0 Å². The van der Waals surface area contributed by atoms with E-state index in [4.69, 9.17) is 0 Å². The van der Waals surface area contributed by atoms with E-state index in [0.29, 0.717) is 0 Å². The van der Waals surface area contributed by atoms with E-state index < -0.39 is 0 Å². The van der Waals surface area contributed by atoms with E-state index in [0.717, 1.165) is 65.1 Å². The molecule has 0 aromatic heterocycles. The Morgan fingerprint density at radius 2 is 1.96 bits per heavy atom. The highest BCUT2D eigenvalue weighted by Crippen LogP contribution is 2.15. The van der Waals surface area contributed by atoms with Crippen LogP contribution in [0.15, 0.2) is 30.3 Å². The van der Waals surface area contributed by atoms with Crippen molar-refractivity contribution >= 4 is 11.6 Å². The SMILES string of the molecule is O=C(NCCCN1CCN(c2ccccc2)CC1)C1CCCN1. The summed E-state index contributed by atoms with van der Waals surface area (Å²) in [5, 5.41) is 6.30. The number of hydrogen-bond acceptors (Lipinski definition) is 4. The van der Waals surface area contributed by atoms with Gasteiger partial charge in [0.25, 0.3) is 0 Å². The molecule has 2 aliphatic heterocycles. The molecule has 5 nitrogen and oxygen atoms in total. The van der Waals surface area contributed by atoms with Crippen LogP contribution in [0.2, 0.25) is 0 Å². The maximum Gasteiger partial charge on any atom is 0.237 e. The summed E-state index contributed by atoms with van der Waals surface area (Å²) in [7, 11) is 0. The molecule has 126 valence electrons. The van der Waals surface area contributed by atoms with Gasteiger partial charge in [0.15, 0.2) is 0 Å². The lowest BCUT2D eigenvalue weighted by atomic mass is 10.2. The molecule has 2 saturated heterocycles. The summed E-state index contributed by atoms with van der Waals surface area (Å²) >= 11 is 0. The monoisotopic (exact) mass is 316 g/mol. The number of hydrogen-bond donors (Lipinski definition) is 2. The number of carbonyl (C=O) groups is 1. The van der Waals surface area contributed by atoms with E-state index in [1.165, 1.54) is 5.69 Å². The van der Waals surface area contributed by atoms with Crippen molar-refractivity contribution in [3.05, 3.63) is 30.3 Å². The molecule has 1 atom stereocenters. The summed E-state index contributed by atoms with van der Waals surface area (Å²) in [5.41, 5.74) is 1.32. The Kier molecular flexibility index (Phi) is 5.88. The zero-order valence-electron chi connectivity index (χ0n) is 13.8. The highest BCUT2D eigenvalue weighted by atomic mass is 16.2. The van der Waals surface area contributed by atoms with E-state index >= 15 is 0 Å². The number of benzene rings is 1. The summed E-state index contributed by atoms with van der Waals surface area (Å²) in [4.78, 5) is 16.9. The first-order valence-electron chi connectivity index (χ1n) is 8.86. The fourth-order valence-electron chi connectivity index (χ4n) is 3.41. The van der Waals surface area contributed by atoms with E-state index in [2.05, 4.69) is 50.8 Å². The van der Waals surface area contributed by atoms with Crippen molar-refractivity contribution < 1.29 is 4.79 Å². The molecule has 0 saturated carbocycles. The molecule has 1 amide bonds. The Bertz CT molecular complexity index is 479. The van der Waals surface area contributed by atoms with Gasteiger partial charge < -0.3 is 15.5 Å². The first kappa shape index (κ1) is 16.3. The molecule has 23 heavy (non-hydrogen) atoms. The second kappa shape index (κ2) is 8.31. The van der Waals surface area contributed by atoms with Crippen LogP contribution in [0.3, 0.4) is 0 Å². The van der Waals surface area contributed by atoms with Crippen molar-refractivity contribution in [1.29, 1.82) is 0 Å². The van der Waals surface area contributed by atoms with Gasteiger partial charge in [0.2, 0.25) is 5.91 Å². The summed E-state index contributed by atoms with van der Waals surface area (Å²) < 4.78 is 0. The lowest BCUT2D eigenvalue weighted by molar-refractivity contribution is -0.122. The van der Waals surface area contributed by atoms with Crippen LogP contribution in [0.1, 0.15) is 19.3 Å².